The van der Waals surface area contributed by atoms with Crippen molar-refractivity contribution in [2.24, 2.45) is 4.99 Å². The van der Waals surface area contributed by atoms with E-state index in [9.17, 15) is 0 Å². The fraction of sp³-hybridized carbons (Fsp3) is 0. The van der Waals surface area contributed by atoms with Crippen molar-refractivity contribution in [2.75, 3.05) is 0 Å². The second-order valence-electron chi connectivity index (χ2n) is 8.10. The van der Waals surface area contributed by atoms with Crippen molar-refractivity contribution in [1.82, 2.24) is 4.98 Å². The van der Waals surface area contributed by atoms with Crippen LogP contribution in [-0.2, 0) is 0 Å². The van der Waals surface area contributed by atoms with Gasteiger partial charge in [0.1, 0.15) is 0 Å². The van der Waals surface area contributed by atoms with Gasteiger partial charge in [0.15, 0.2) is 0 Å². The largest absolute Gasteiger partial charge is 0.246 e. The average molecular weight is 515 g/mol. The summed E-state index contributed by atoms with van der Waals surface area (Å²) in [5.41, 5.74) is 7.42. The van der Waals surface area contributed by atoms with Crippen molar-refractivity contribution < 1.29 is 0 Å². The SMILES string of the molecule is C=CC(=Nc1ccccc1C=C)c1cc(-c2ccc(Br)c3ccccc23)cc(-c2ccccc2)n1. The molecule has 0 atom stereocenters. The number of fused-ring (bicyclic) bond motifs is 1. The summed E-state index contributed by atoms with van der Waals surface area (Å²) in [5.74, 6) is 0. The molecule has 0 saturated heterocycles. The summed E-state index contributed by atoms with van der Waals surface area (Å²) in [4.78, 5) is 9.93. The molecule has 0 aliphatic heterocycles. The fourth-order valence-electron chi connectivity index (χ4n) is 4.19. The van der Waals surface area contributed by atoms with Crippen molar-refractivity contribution in [3.8, 4) is 22.4 Å². The zero-order valence-corrected chi connectivity index (χ0v) is 20.7. The number of allylic oxidation sites excluding steroid dienone is 1. The number of halogens is 1. The molecule has 0 N–H and O–H groups in total. The van der Waals surface area contributed by atoms with Crippen LogP contribution < -0.4 is 0 Å². The normalized spacial score (nSPS) is 11.4. The molecule has 0 saturated carbocycles. The summed E-state index contributed by atoms with van der Waals surface area (Å²) in [6.07, 6.45) is 3.58. The van der Waals surface area contributed by atoms with Gasteiger partial charge in [-0.2, -0.15) is 0 Å². The Bertz CT molecular complexity index is 1580. The van der Waals surface area contributed by atoms with E-state index in [4.69, 9.17) is 9.98 Å². The quantitative estimate of drug-likeness (QED) is 0.207. The van der Waals surface area contributed by atoms with Crippen LogP contribution >= 0.6 is 15.9 Å². The Labute approximate surface area is 214 Å². The van der Waals surface area contributed by atoms with Crippen LogP contribution in [0.5, 0.6) is 0 Å². The molecule has 4 aromatic carbocycles. The zero-order valence-electron chi connectivity index (χ0n) is 19.2. The van der Waals surface area contributed by atoms with Crippen molar-refractivity contribution in [2.45, 2.75) is 0 Å². The number of benzene rings is 4. The number of hydrogen-bond donors (Lipinski definition) is 0. The molecule has 1 heterocycles. The van der Waals surface area contributed by atoms with Gasteiger partial charge in [-0.15, -0.1) is 0 Å². The molecule has 0 fully saturated rings. The van der Waals surface area contributed by atoms with E-state index in [1.165, 1.54) is 10.8 Å². The molecule has 0 radical (unpaired) electrons. The lowest BCUT2D eigenvalue weighted by molar-refractivity contribution is 1.29. The van der Waals surface area contributed by atoms with Crippen LogP contribution in [0.25, 0.3) is 39.2 Å². The highest BCUT2D eigenvalue weighted by atomic mass is 79.9. The first kappa shape index (κ1) is 22.7. The van der Waals surface area contributed by atoms with E-state index in [1.54, 1.807) is 6.08 Å². The maximum Gasteiger partial charge on any atom is 0.0899 e. The van der Waals surface area contributed by atoms with E-state index < -0.39 is 0 Å². The first-order chi connectivity index (χ1) is 17.2. The first-order valence-corrected chi connectivity index (χ1v) is 12.2. The molecular weight excluding hydrogens is 492 g/mol. The molecule has 5 rings (SSSR count). The minimum absolute atomic E-state index is 0.708. The molecule has 5 aromatic rings. The van der Waals surface area contributed by atoms with Crippen molar-refractivity contribution in [3.63, 3.8) is 0 Å². The third-order valence-corrected chi connectivity index (χ3v) is 6.62. The molecule has 2 nitrogen and oxygen atoms in total. The van der Waals surface area contributed by atoms with Crippen LogP contribution in [0, 0.1) is 0 Å². The molecule has 0 amide bonds. The molecular formula is C32H23BrN2. The third-order valence-electron chi connectivity index (χ3n) is 5.93. The third kappa shape index (κ3) is 4.64. The van der Waals surface area contributed by atoms with Gasteiger partial charge in [0.2, 0.25) is 0 Å². The summed E-state index contributed by atoms with van der Waals surface area (Å²) >= 11 is 3.70. The minimum Gasteiger partial charge on any atom is -0.246 e. The highest BCUT2D eigenvalue weighted by Gasteiger charge is 2.13. The summed E-state index contributed by atoms with van der Waals surface area (Å²) in [7, 11) is 0. The second-order valence-corrected chi connectivity index (χ2v) is 8.95. The highest BCUT2D eigenvalue weighted by molar-refractivity contribution is 9.10. The van der Waals surface area contributed by atoms with Crippen LogP contribution in [0.2, 0.25) is 0 Å². The molecule has 0 unspecified atom stereocenters. The molecule has 0 aliphatic carbocycles. The maximum absolute atomic E-state index is 5.01. The minimum atomic E-state index is 0.708. The monoisotopic (exact) mass is 514 g/mol. The lowest BCUT2D eigenvalue weighted by Crippen LogP contribution is -2.02. The number of aromatic nitrogens is 1. The first-order valence-electron chi connectivity index (χ1n) is 11.4. The van der Waals surface area contributed by atoms with Crippen molar-refractivity contribution >= 4 is 44.2 Å². The number of para-hydroxylation sites is 1. The van der Waals surface area contributed by atoms with Gasteiger partial charge < -0.3 is 0 Å². The molecule has 35 heavy (non-hydrogen) atoms. The van der Waals surface area contributed by atoms with Crippen LogP contribution in [0.4, 0.5) is 5.69 Å². The molecule has 0 bridgehead atoms. The smallest absolute Gasteiger partial charge is 0.0899 e. The maximum atomic E-state index is 5.01. The van der Waals surface area contributed by atoms with E-state index in [0.717, 1.165) is 43.8 Å². The van der Waals surface area contributed by atoms with Gasteiger partial charge in [-0.3, -0.25) is 0 Å². The van der Waals surface area contributed by atoms with Crippen LogP contribution in [-0.4, -0.2) is 10.7 Å². The van der Waals surface area contributed by atoms with Crippen LogP contribution in [0.3, 0.4) is 0 Å². The Balaban J connectivity index is 1.76. The van der Waals surface area contributed by atoms with Gasteiger partial charge in [0.05, 0.1) is 22.8 Å². The summed E-state index contributed by atoms with van der Waals surface area (Å²) < 4.78 is 1.07. The van der Waals surface area contributed by atoms with Crippen molar-refractivity contribution in [3.05, 3.63) is 138 Å². The standard InChI is InChI=1S/C32H23BrN2/c1-3-22-12-8-11-17-30(22)34-29(4-2)32-21-24(20-31(35-32)23-13-6-5-7-14-23)25-18-19-28(33)27-16-10-9-15-26(25)27/h3-21H,1-2H2. The summed E-state index contributed by atoms with van der Waals surface area (Å²) in [5, 5.41) is 2.34. The lowest BCUT2D eigenvalue weighted by Gasteiger charge is -2.13. The van der Waals surface area contributed by atoms with Gasteiger partial charge in [-0.05, 0) is 57.8 Å². The molecule has 0 aliphatic rings. The molecule has 1 aromatic heterocycles. The van der Waals surface area contributed by atoms with Gasteiger partial charge in [0.25, 0.3) is 0 Å². The van der Waals surface area contributed by atoms with E-state index in [-0.39, 0.29) is 0 Å². The number of rotatable bonds is 6. The Morgan fingerprint density at radius 3 is 2.23 bits per heavy atom. The second kappa shape index (κ2) is 10.0. The number of aliphatic imine (C=N–C) groups is 1. The average Bonchev–Trinajstić information content (AvgIpc) is 2.92. The van der Waals surface area contributed by atoms with Gasteiger partial charge >= 0.3 is 0 Å². The van der Waals surface area contributed by atoms with Crippen LogP contribution in [0.1, 0.15) is 11.3 Å². The van der Waals surface area contributed by atoms with E-state index >= 15 is 0 Å². The summed E-state index contributed by atoms with van der Waals surface area (Å²) in [6.45, 7) is 7.98. The Hall–Kier alpha value is -4.08. The van der Waals surface area contributed by atoms with Gasteiger partial charge in [-0.25, -0.2) is 9.98 Å². The fourth-order valence-corrected chi connectivity index (χ4v) is 4.67. The topological polar surface area (TPSA) is 25.2 Å². The molecule has 3 heteroatoms. The number of nitrogens with zero attached hydrogens (tertiary/aromatic N) is 2. The van der Waals surface area contributed by atoms with Gasteiger partial charge in [0, 0.05) is 10.0 Å². The highest BCUT2D eigenvalue weighted by Crippen LogP contribution is 2.35. The van der Waals surface area contributed by atoms with Gasteiger partial charge in [-0.1, -0.05) is 114 Å². The van der Waals surface area contributed by atoms with Crippen LogP contribution in [0.15, 0.2) is 132 Å². The van der Waals surface area contributed by atoms with Crippen molar-refractivity contribution in [1.29, 1.82) is 0 Å². The molecule has 0 spiro atoms. The summed E-state index contributed by atoms with van der Waals surface area (Å²) in [6, 6.07) is 35.1. The Morgan fingerprint density at radius 2 is 1.46 bits per heavy atom. The number of hydrogen-bond acceptors (Lipinski definition) is 2. The molecule has 168 valence electrons. The Kier molecular flexibility index (Phi) is 6.51. The van der Waals surface area contributed by atoms with E-state index in [0.29, 0.717) is 5.71 Å². The lowest BCUT2D eigenvalue weighted by atomic mass is 9.96. The zero-order chi connectivity index (χ0) is 24.2. The predicted octanol–water partition coefficient (Wildman–Crippen LogP) is 9.28. The van der Waals surface area contributed by atoms with E-state index in [1.807, 2.05) is 48.5 Å². The predicted molar refractivity (Wildman–Crippen MR) is 153 cm³/mol. The van der Waals surface area contributed by atoms with E-state index in [2.05, 4.69) is 89.8 Å². The Morgan fingerprint density at radius 1 is 0.743 bits per heavy atom. The number of pyridine rings is 1.